The first-order valence-electron chi connectivity index (χ1n) is 30.1. The van der Waals surface area contributed by atoms with E-state index in [4.69, 9.17) is 29.9 Å². The van der Waals surface area contributed by atoms with Crippen LogP contribution < -0.4 is 31.8 Å². The fourth-order valence-electron chi connectivity index (χ4n) is 12.3. The summed E-state index contributed by atoms with van der Waals surface area (Å²) in [4.78, 5) is 30.6. The lowest BCUT2D eigenvalue weighted by Gasteiger charge is -2.43. The molecule has 92 heavy (non-hydrogen) atoms. The molecular weight excluding hydrogens is 1300 g/mol. The van der Waals surface area contributed by atoms with E-state index in [-0.39, 0.29) is 5.82 Å². The lowest BCUT2D eigenvalue weighted by molar-refractivity contribution is 0.116. The second-order valence-corrected chi connectivity index (χ2v) is 28.8. The fourth-order valence-corrected chi connectivity index (χ4v) is 18.5. The van der Waals surface area contributed by atoms with Crippen LogP contribution in [0.25, 0.3) is 45.6 Å². The van der Waals surface area contributed by atoms with Crippen molar-refractivity contribution in [2.45, 2.75) is 11.0 Å². The molecule has 15 rings (SSSR count). The van der Waals surface area contributed by atoms with Crippen molar-refractivity contribution in [3.05, 3.63) is 382 Å². The SMILES string of the molecule is O=P1(c2ccccc2)c2ccccc2C(c2ccc(Br)cc2)(c2nc(-c3ccccc3)nc(-c3ccccc3)n2)c2ccccc21.OC(c1ccc(Br)cc1)(c1nc(-c2ccccc2)nc(-c2ccccc2)n1)c1ccccc1P(c1ccccc1)c1ccccc1. The molecule has 0 saturated carbocycles. The third kappa shape index (κ3) is 11.3. The average molecular weight is 1360 g/mol. The molecule has 1 atom stereocenters. The summed E-state index contributed by atoms with van der Waals surface area (Å²) >= 11 is 7.24. The molecule has 0 amide bonds. The normalized spacial score (nSPS) is 15.4. The van der Waals surface area contributed by atoms with Crippen LogP contribution in [0.4, 0.5) is 0 Å². The zero-order chi connectivity index (χ0) is 62.5. The van der Waals surface area contributed by atoms with Crippen molar-refractivity contribution in [2.75, 3.05) is 0 Å². The Hall–Kier alpha value is -9.76. The molecule has 0 radical (unpaired) electrons. The standard InChI is InChI=1S/C40H27BrN3OP.C40H29BrN3OP/c41-31-26-24-30(25-27-31)40(39-43-37(28-14-4-1-5-15-28)42-38(44-39)29-16-6-2-7-17-29)33-20-10-12-22-35(33)46(45,32-18-8-3-9-19-32)36-23-13-11-21-34(36)40;41-32-27-25-31(26-28-32)40(45,39-43-37(29-15-5-1-6-16-29)42-38(44-39)30-17-7-2-8-18-30)35-23-13-14-24-36(35)46(33-19-9-3-10-20-33)34-21-11-4-12-22-34/h1-27H;1-28,45H. The largest absolute Gasteiger partial charge is 0.373 e. The molecule has 1 unspecified atom stereocenters. The van der Waals surface area contributed by atoms with Gasteiger partial charge in [0.1, 0.15) is 5.41 Å². The zero-order valence-corrected chi connectivity index (χ0v) is 54.4. The van der Waals surface area contributed by atoms with Crippen molar-refractivity contribution < 1.29 is 9.67 Å². The van der Waals surface area contributed by atoms with Crippen LogP contribution in [0.1, 0.15) is 39.5 Å². The van der Waals surface area contributed by atoms with Crippen molar-refractivity contribution in [1.29, 1.82) is 0 Å². The molecule has 0 bridgehead atoms. The van der Waals surface area contributed by atoms with E-state index in [2.05, 4.69) is 111 Å². The van der Waals surface area contributed by atoms with E-state index in [0.29, 0.717) is 34.7 Å². The number of aromatic nitrogens is 6. The number of rotatable bonds is 13. The molecule has 1 N–H and O–H groups in total. The van der Waals surface area contributed by atoms with Gasteiger partial charge in [0.25, 0.3) is 0 Å². The van der Waals surface area contributed by atoms with E-state index in [0.717, 1.165) is 74.7 Å². The fraction of sp³-hybridized carbons (Fsp3) is 0.0250. The molecule has 0 spiro atoms. The summed E-state index contributed by atoms with van der Waals surface area (Å²) in [7, 11) is -4.36. The van der Waals surface area contributed by atoms with Crippen LogP contribution in [0, 0.1) is 0 Å². The van der Waals surface area contributed by atoms with Gasteiger partial charge in [0.05, 0.1) is 0 Å². The van der Waals surface area contributed by atoms with Gasteiger partial charge in [-0.25, -0.2) is 29.9 Å². The van der Waals surface area contributed by atoms with Gasteiger partial charge in [-0.05, 0) is 70.4 Å². The molecular formula is C80H56Br2N6O2P2. The van der Waals surface area contributed by atoms with Crippen LogP contribution in [0.3, 0.4) is 0 Å². The van der Waals surface area contributed by atoms with Gasteiger partial charge in [0.2, 0.25) is 0 Å². The first-order chi connectivity index (χ1) is 45.2. The molecule has 14 aromatic rings. The summed E-state index contributed by atoms with van der Waals surface area (Å²) in [6, 6.07) is 111. The minimum Gasteiger partial charge on any atom is -0.373 e. The van der Waals surface area contributed by atoms with Gasteiger partial charge < -0.3 is 9.67 Å². The predicted octanol–water partition coefficient (Wildman–Crippen LogP) is 16.3. The van der Waals surface area contributed by atoms with Gasteiger partial charge in [0.15, 0.2) is 47.7 Å². The topological polar surface area (TPSA) is 115 Å². The van der Waals surface area contributed by atoms with E-state index in [9.17, 15) is 5.11 Å². The minimum atomic E-state index is -3.30. The number of nitrogens with zero attached hydrogens (tertiary/aromatic N) is 6. The highest BCUT2D eigenvalue weighted by Crippen LogP contribution is 2.56. The molecule has 0 aliphatic carbocycles. The van der Waals surface area contributed by atoms with E-state index in [1.54, 1.807) is 0 Å². The molecule has 12 heteroatoms. The summed E-state index contributed by atoms with van der Waals surface area (Å²) in [6.45, 7) is 0. The van der Waals surface area contributed by atoms with Crippen molar-refractivity contribution >= 4 is 78.8 Å². The highest BCUT2D eigenvalue weighted by Gasteiger charge is 2.53. The first kappa shape index (κ1) is 59.8. The number of aliphatic hydroxyl groups is 1. The monoisotopic (exact) mass is 1350 g/mol. The Kier molecular flexibility index (Phi) is 17.1. The quantitative estimate of drug-likeness (QED) is 0.114. The molecule has 1 aliphatic rings. The van der Waals surface area contributed by atoms with Crippen molar-refractivity contribution in [2.24, 2.45) is 0 Å². The maximum Gasteiger partial charge on any atom is 0.175 e. The minimum absolute atomic E-state index is 0.256. The number of fused-ring (bicyclic) bond motifs is 2. The summed E-state index contributed by atoms with van der Waals surface area (Å²) in [5.74, 6) is 2.96. The Bertz CT molecular complexity index is 4730. The number of benzene rings is 12. The Morgan fingerprint density at radius 2 is 0.707 bits per heavy atom. The van der Waals surface area contributed by atoms with Gasteiger partial charge >= 0.3 is 0 Å². The molecule has 8 nitrogen and oxygen atoms in total. The lowest BCUT2D eigenvalue weighted by Crippen LogP contribution is -2.47. The van der Waals surface area contributed by atoms with Gasteiger partial charge in [0, 0.05) is 52.7 Å². The number of hydrogen-bond acceptors (Lipinski definition) is 8. The van der Waals surface area contributed by atoms with Gasteiger partial charge in [-0.15, -0.1) is 0 Å². The summed E-state index contributed by atoms with van der Waals surface area (Å²) in [5.41, 5.74) is 4.87. The maximum atomic E-state index is 15.8. The van der Waals surface area contributed by atoms with Crippen molar-refractivity contribution in [3.63, 3.8) is 0 Å². The second kappa shape index (κ2) is 26.2. The van der Waals surface area contributed by atoms with Crippen LogP contribution >= 0.6 is 46.9 Å². The Morgan fingerprint density at radius 1 is 0.359 bits per heavy atom. The van der Waals surface area contributed by atoms with E-state index in [1.807, 2.05) is 255 Å². The van der Waals surface area contributed by atoms with E-state index < -0.39 is 26.1 Å². The van der Waals surface area contributed by atoms with Crippen molar-refractivity contribution in [3.8, 4) is 45.6 Å². The zero-order valence-electron chi connectivity index (χ0n) is 49.4. The summed E-state index contributed by atoms with van der Waals surface area (Å²) < 4.78 is 17.7. The van der Waals surface area contributed by atoms with Crippen LogP contribution in [-0.2, 0) is 15.6 Å². The smallest absolute Gasteiger partial charge is 0.175 e. The third-order valence-electron chi connectivity index (χ3n) is 16.6. The Morgan fingerprint density at radius 3 is 1.14 bits per heavy atom. The molecule has 1 aliphatic heterocycles. The molecule has 0 saturated heterocycles. The average Bonchev–Trinajstić information content (AvgIpc) is 0.685. The van der Waals surface area contributed by atoms with E-state index >= 15 is 4.57 Å². The molecule has 2 aromatic heterocycles. The number of halogens is 2. The molecule has 0 fully saturated rings. The third-order valence-corrected chi connectivity index (χ3v) is 23.3. The second-order valence-electron chi connectivity index (χ2n) is 22.1. The predicted molar refractivity (Wildman–Crippen MR) is 382 cm³/mol. The van der Waals surface area contributed by atoms with Crippen LogP contribution in [-0.4, -0.2) is 35.0 Å². The van der Waals surface area contributed by atoms with Gasteiger partial charge in [-0.2, -0.15) is 0 Å². The summed E-state index contributed by atoms with van der Waals surface area (Å²) in [5, 5.41) is 19.2. The van der Waals surface area contributed by atoms with Gasteiger partial charge in [-0.1, -0.05) is 341 Å². The summed E-state index contributed by atoms with van der Waals surface area (Å²) in [6.07, 6.45) is 0. The molecule has 12 aromatic carbocycles. The Balaban J connectivity index is 0.000000160. The van der Waals surface area contributed by atoms with Crippen LogP contribution in [0.2, 0.25) is 0 Å². The first-order valence-corrected chi connectivity index (χ1v) is 34.7. The van der Waals surface area contributed by atoms with Crippen LogP contribution in [0.15, 0.2) is 343 Å². The highest BCUT2D eigenvalue weighted by molar-refractivity contribution is 9.10. The lowest BCUT2D eigenvalue weighted by atomic mass is 9.68. The van der Waals surface area contributed by atoms with Gasteiger partial charge in [-0.3, -0.25) is 0 Å². The number of hydrogen-bond donors (Lipinski definition) is 1. The van der Waals surface area contributed by atoms with Crippen molar-refractivity contribution in [1.82, 2.24) is 29.9 Å². The highest BCUT2D eigenvalue weighted by atomic mass is 79.9. The molecule has 442 valence electrons. The van der Waals surface area contributed by atoms with E-state index in [1.165, 1.54) is 10.6 Å². The molecule has 3 heterocycles. The van der Waals surface area contributed by atoms with Crippen LogP contribution in [0.5, 0.6) is 0 Å². The Labute approximate surface area is 553 Å². The maximum absolute atomic E-state index is 15.8.